The van der Waals surface area contributed by atoms with Crippen LogP contribution in [0.15, 0.2) is 83.1 Å². The van der Waals surface area contributed by atoms with Crippen LogP contribution in [0.5, 0.6) is 5.75 Å². The maximum absolute atomic E-state index is 12.5. The summed E-state index contributed by atoms with van der Waals surface area (Å²) in [6, 6.07) is 21.9. The van der Waals surface area contributed by atoms with Crippen LogP contribution < -0.4 is 15.3 Å². The second-order valence-electron chi connectivity index (χ2n) is 9.62. The van der Waals surface area contributed by atoms with Crippen molar-refractivity contribution in [1.82, 2.24) is 20.2 Å². The summed E-state index contributed by atoms with van der Waals surface area (Å²) in [6.45, 7) is 6.48. The van der Waals surface area contributed by atoms with Crippen molar-refractivity contribution in [3.05, 3.63) is 89.5 Å². The molecule has 1 amide bonds. The molecule has 4 rings (SSSR count). The van der Waals surface area contributed by atoms with E-state index < -0.39 is 5.97 Å². The molecule has 0 fully saturated rings. The largest absolute Gasteiger partial charge is 0.545 e. The average Bonchev–Trinajstić information content (AvgIpc) is 3.35. The summed E-state index contributed by atoms with van der Waals surface area (Å²) in [5.74, 6) is -0.338. The first-order chi connectivity index (χ1) is 18.7. The average molecular weight is 543 g/mol. The lowest BCUT2D eigenvalue weighted by molar-refractivity contribution is -0.255. The van der Waals surface area contributed by atoms with E-state index in [-0.39, 0.29) is 22.6 Å². The number of carboxylic acid groups (broad SMARTS) is 1. The predicted molar refractivity (Wildman–Crippen MR) is 149 cm³/mol. The van der Waals surface area contributed by atoms with E-state index in [0.29, 0.717) is 16.5 Å². The molecule has 0 bridgehead atoms. The van der Waals surface area contributed by atoms with Crippen molar-refractivity contribution >= 4 is 29.9 Å². The number of thioether (sulfide) groups is 1. The molecule has 9 nitrogen and oxygen atoms in total. The molecule has 10 heteroatoms. The van der Waals surface area contributed by atoms with Gasteiger partial charge in [-0.3, -0.25) is 9.36 Å². The van der Waals surface area contributed by atoms with E-state index in [1.165, 1.54) is 29.6 Å². The molecular weight excluding hydrogens is 514 g/mol. The lowest BCUT2D eigenvalue weighted by Crippen LogP contribution is -2.24. The van der Waals surface area contributed by atoms with Crippen LogP contribution in [0.1, 0.15) is 42.3 Å². The third kappa shape index (κ3) is 6.71. The number of carboxylic acids is 1. The highest BCUT2D eigenvalue weighted by Gasteiger charge is 2.19. The second kappa shape index (κ2) is 12.0. The number of amides is 1. The van der Waals surface area contributed by atoms with Crippen molar-refractivity contribution in [2.45, 2.75) is 31.3 Å². The summed E-state index contributed by atoms with van der Waals surface area (Å²) in [6.07, 6.45) is 1.27. The number of methoxy groups -OCH3 is 1. The number of hydrazone groups is 1. The lowest BCUT2D eigenvalue weighted by Gasteiger charge is -2.19. The summed E-state index contributed by atoms with van der Waals surface area (Å²) in [4.78, 5) is 23.8. The third-order valence-corrected chi connectivity index (χ3v) is 6.81. The number of hydrogen-bond donors (Lipinski definition) is 1. The smallest absolute Gasteiger partial charge is 0.250 e. The highest BCUT2D eigenvalue weighted by Crippen LogP contribution is 2.30. The van der Waals surface area contributed by atoms with Crippen LogP contribution >= 0.6 is 11.8 Å². The van der Waals surface area contributed by atoms with Crippen molar-refractivity contribution in [2.75, 3.05) is 12.9 Å². The van der Waals surface area contributed by atoms with E-state index in [0.717, 1.165) is 17.0 Å². The molecule has 0 aliphatic heterocycles. The Balaban J connectivity index is 1.55. The molecule has 0 radical (unpaired) electrons. The number of nitrogens with one attached hydrogen (secondary N) is 1. The number of carbonyl (C=O) groups excluding carboxylic acids is 2. The first-order valence-electron chi connectivity index (χ1n) is 12.1. The Kier molecular flexibility index (Phi) is 8.46. The van der Waals surface area contributed by atoms with Crippen LogP contribution in [0.2, 0.25) is 0 Å². The number of benzene rings is 3. The Morgan fingerprint density at radius 2 is 1.72 bits per heavy atom. The van der Waals surface area contributed by atoms with Gasteiger partial charge in [0.25, 0.3) is 5.91 Å². The van der Waals surface area contributed by atoms with Gasteiger partial charge in [0, 0.05) is 22.4 Å². The molecule has 0 unspecified atom stereocenters. The van der Waals surface area contributed by atoms with Crippen LogP contribution in [-0.2, 0) is 10.2 Å². The van der Waals surface area contributed by atoms with Gasteiger partial charge in [0.2, 0.25) is 0 Å². The number of hydrogen-bond acceptors (Lipinski definition) is 8. The topological polar surface area (TPSA) is 122 Å². The quantitative estimate of drug-likeness (QED) is 0.194. The van der Waals surface area contributed by atoms with Gasteiger partial charge in [0.1, 0.15) is 5.75 Å². The van der Waals surface area contributed by atoms with Crippen LogP contribution in [-0.4, -0.2) is 45.7 Å². The summed E-state index contributed by atoms with van der Waals surface area (Å²) in [5, 5.41) is 24.5. The molecule has 0 saturated heterocycles. The molecular formula is C29H28N5O4S-. The predicted octanol–water partition coefficient (Wildman–Crippen LogP) is 3.85. The minimum Gasteiger partial charge on any atom is -0.545 e. The maximum Gasteiger partial charge on any atom is 0.250 e. The monoisotopic (exact) mass is 542 g/mol. The van der Waals surface area contributed by atoms with Crippen LogP contribution in [0.3, 0.4) is 0 Å². The number of carbonyl (C=O) groups is 2. The minimum absolute atomic E-state index is 0.0106. The molecule has 0 aliphatic rings. The zero-order chi connectivity index (χ0) is 28.0. The van der Waals surface area contributed by atoms with Gasteiger partial charge in [-0.25, -0.2) is 5.43 Å². The van der Waals surface area contributed by atoms with Crippen molar-refractivity contribution in [2.24, 2.45) is 5.10 Å². The summed E-state index contributed by atoms with van der Waals surface area (Å²) in [5.41, 5.74) is 5.66. The highest BCUT2D eigenvalue weighted by atomic mass is 32.2. The van der Waals surface area contributed by atoms with Crippen molar-refractivity contribution in [3.63, 3.8) is 0 Å². The van der Waals surface area contributed by atoms with Crippen LogP contribution in [0, 0.1) is 0 Å². The summed E-state index contributed by atoms with van der Waals surface area (Å²) in [7, 11) is 1.61. The fraction of sp³-hybridized carbons (Fsp3) is 0.207. The van der Waals surface area contributed by atoms with Gasteiger partial charge in [0.05, 0.1) is 25.0 Å². The summed E-state index contributed by atoms with van der Waals surface area (Å²) < 4.78 is 7.19. The molecule has 1 N–H and O–H groups in total. The number of rotatable bonds is 9. The molecule has 0 atom stereocenters. The molecule has 4 aromatic rings. The third-order valence-electron chi connectivity index (χ3n) is 5.88. The highest BCUT2D eigenvalue weighted by molar-refractivity contribution is 7.99. The molecule has 0 aliphatic carbocycles. The zero-order valence-corrected chi connectivity index (χ0v) is 22.9. The van der Waals surface area contributed by atoms with Gasteiger partial charge in [0.15, 0.2) is 11.0 Å². The van der Waals surface area contributed by atoms with E-state index in [1.54, 1.807) is 25.3 Å². The maximum atomic E-state index is 12.5. The van der Waals surface area contributed by atoms with E-state index in [9.17, 15) is 14.7 Å². The SMILES string of the molecule is COc1ccc(-n2c(SCC(=O)NN=Cc3ccccc3C(=O)[O-])nnc2-c2ccc(C(C)(C)C)cc2)cc1. The van der Waals surface area contributed by atoms with E-state index in [2.05, 4.69) is 53.6 Å². The van der Waals surface area contributed by atoms with Crippen molar-refractivity contribution in [3.8, 4) is 22.8 Å². The molecule has 39 heavy (non-hydrogen) atoms. The van der Waals surface area contributed by atoms with Crippen molar-refractivity contribution < 1.29 is 19.4 Å². The summed E-state index contributed by atoms with van der Waals surface area (Å²) >= 11 is 1.21. The van der Waals surface area contributed by atoms with Gasteiger partial charge in [-0.15, -0.1) is 10.2 Å². The Morgan fingerprint density at radius 3 is 2.36 bits per heavy atom. The zero-order valence-electron chi connectivity index (χ0n) is 22.0. The van der Waals surface area contributed by atoms with E-state index >= 15 is 0 Å². The minimum atomic E-state index is -1.32. The molecule has 3 aromatic carbocycles. The van der Waals surface area contributed by atoms with Crippen LogP contribution in [0.25, 0.3) is 17.1 Å². The Bertz CT molecular complexity index is 1490. The molecule has 0 saturated carbocycles. The van der Waals surface area contributed by atoms with Gasteiger partial charge in [-0.05, 0) is 35.2 Å². The van der Waals surface area contributed by atoms with E-state index in [4.69, 9.17) is 4.74 Å². The first kappa shape index (κ1) is 27.6. The normalized spacial score (nSPS) is 11.5. The van der Waals surface area contributed by atoms with Crippen molar-refractivity contribution in [1.29, 1.82) is 0 Å². The Morgan fingerprint density at radius 1 is 1.03 bits per heavy atom. The van der Waals surface area contributed by atoms with Gasteiger partial charge in [-0.2, -0.15) is 5.10 Å². The Hall–Kier alpha value is -4.44. The van der Waals surface area contributed by atoms with Crippen LogP contribution in [0.4, 0.5) is 0 Å². The number of ether oxygens (including phenoxy) is 1. The fourth-order valence-corrected chi connectivity index (χ4v) is 4.51. The molecule has 0 spiro atoms. The fourth-order valence-electron chi connectivity index (χ4n) is 3.77. The number of aromatic carboxylic acids is 1. The number of aromatic nitrogens is 3. The number of nitrogens with zero attached hydrogens (tertiary/aromatic N) is 4. The van der Waals surface area contributed by atoms with Gasteiger partial charge < -0.3 is 14.6 Å². The van der Waals surface area contributed by atoms with Gasteiger partial charge in [-0.1, -0.05) is 81.1 Å². The Labute approximate surface area is 230 Å². The van der Waals surface area contributed by atoms with Gasteiger partial charge >= 0.3 is 0 Å². The first-order valence-corrected chi connectivity index (χ1v) is 13.1. The van der Waals surface area contributed by atoms with E-state index in [1.807, 2.05) is 41.0 Å². The molecule has 1 heterocycles. The molecule has 1 aromatic heterocycles. The molecule has 200 valence electrons. The standard InChI is InChI=1S/C29H29N5O4S/c1-29(2,3)21-11-9-19(10-12-21)26-32-33-28(34(26)22-13-15-23(38-4)16-14-22)39-18-25(35)31-30-17-20-7-5-6-8-24(20)27(36)37/h5-17H,18H2,1-4H3,(H,31,35)(H,36,37)/p-1. The lowest BCUT2D eigenvalue weighted by atomic mass is 9.87. The second-order valence-corrected chi connectivity index (χ2v) is 10.6.